The van der Waals surface area contributed by atoms with Crippen molar-refractivity contribution in [2.24, 2.45) is 5.90 Å². The van der Waals surface area contributed by atoms with Crippen LogP contribution in [0.15, 0.2) is 12.1 Å². The molecule has 2 N–H and O–H groups in total. The van der Waals surface area contributed by atoms with Gasteiger partial charge in [0.2, 0.25) is 0 Å². The van der Waals surface area contributed by atoms with Crippen molar-refractivity contribution in [2.75, 3.05) is 21.3 Å². The van der Waals surface area contributed by atoms with Crippen LogP contribution >= 0.6 is 0 Å². The van der Waals surface area contributed by atoms with E-state index in [-0.39, 0.29) is 0 Å². The van der Waals surface area contributed by atoms with Crippen LogP contribution in [0.3, 0.4) is 0 Å². The van der Waals surface area contributed by atoms with Gasteiger partial charge in [-0.15, -0.1) is 0 Å². The summed E-state index contributed by atoms with van der Waals surface area (Å²) in [6.07, 6.45) is 0. The lowest BCUT2D eigenvalue weighted by Gasteiger charge is -2.13. The third-order valence-corrected chi connectivity index (χ3v) is 2.24. The Morgan fingerprint density at radius 3 is 1.81 bits per heavy atom. The molecule has 16 heavy (non-hydrogen) atoms. The molecule has 1 aromatic carbocycles. The maximum absolute atomic E-state index is 5.20. The molecule has 90 valence electrons. The third-order valence-electron chi connectivity index (χ3n) is 2.24. The summed E-state index contributed by atoms with van der Waals surface area (Å²) in [5.41, 5.74) is 1.88. The van der Waals surface area contributed by atoms with Crippen molar-refractivity contribution in [1.82, 2.24) is 0 Å². The second-order valence-corrected chi connectivity index (χ2v) is 3.22. The lowest BCUT2D eigenvalue weighted by atomic mass is 10.1. The Hall–Kier alpha value is -1.30. The highest BCUT2D eigenvalue weighted by Gasteiger charge is 2.10. The average Bonchev–Trinajstić information content (AvgIpc) is 2.31. The lowest BCUT2D eigenvalue weighted by Crippen LogP contribution is -2.04. The first-order valence-corrected chi connectivity index (χ1v) is 4.81. The molecule has 0 atom stereocenters. The van der Waals surface area contributed by atoms with Crippen LogP contribution < -0.4 is 15.4 Å². The van der Waals surface area contributed by atoms with Crippen LogP contribution in [0.1, 0.15) is 11.1 Å². The summed E-state index contributed by atoms with van der Waals surface area (Å²) in [7, 11) is 4.80. The van der Waals surface area contributed by atoms with Crippen LogP contribution in [-0.4, -0.2) is 21.3 Å². The fourth-order valence-electron chi connectivity index (χ4n) is 1.48. The molecule has 0 saturated heterocycles. The Morgan fingerprint density at radius 1 is 0.938 bits per heavy atom. The van der Waals surface area contributed by atoms with Gasteiger partial charge in [0.15, 0.2) is 11.5 Å². The number of rotatable bonds is 6. The molecule has 0 heterocycles. The summed E-state index contributed by atoms with van der Waals surface area (Å²) in [5, 5.41) is 0. The maximum Gasteiger partial charge on any atom is 0.161 e. The van der Waals surface area contributed by atoms with Crippen molar-refractivity contribution in [3.63, 3.8) is 0 Å². The summed E-state index contributed by atoms with van der Waals surface area (Å²) in [6.45, 7) is 0.776. The van der Waals surface area contributed by atoms with Gasteiger partial charge in [-0.25, -0.2) is 5.90 Å². The predicted molar refractivity (Wildman–Crippen MR) is 59.2 cm³/mol. The summed E-state index contributed by atoms with van der Waals surface area (Å²) >= 11 is 0. The van der Waals surface area contributed by atoms with Crippen molar-refractivity contribution in [1.29, 1.82) is 0 Å². The SMILES string of the molecule is COCc1cc(OC)c(OC)cc1CON. The largest absolute Gasteiger partial charge is 0.493 e. The van der Waals surface area contributed by atoms with Crippen molar-refractivity contribution >= 4 is 0 Å². The van der Waals surface area contributed by atoms with E-state index in [9.17, 15) is 0 Å². The Morgan fingerprint density at radius 2 is 1.44 bits per heavy atom. The normalized spacial score (nSPS) is 10.2. The predicted octanol–water partition coefficient (Wildman–Crippen LogP) is 1.24. The van der Waals surface area contributed by atoms with E-state index in [1.807, 2.05) is 12.1 Å². The highest BCUT2D eigenvalue weighted by Crippen LogP contribution is 2.31. The quantitative estimate of drug-likeness (QED) is 0.741. The lowest BCUT2D eigenvalue weighted by molar-refractivity contribution is 0.120. The Kier molecular flexibility index (Phi) is 5.04. The van der Waals surface area contributed by atoms with Crippen LogP contribution in [0.5, 0.6) is 11.5 Å². The molecular formula is C11H17NO4. The number of nitrogens with two attached hydrogens (primary N) is 1. The number of hydrogen-bond donors (Lipinski definition) is 1. The molecule has 0 fully saturated rings. The van der Waals surface area contributed by atoms with Crippen LogP contribution in [0.4, 0.5) is 0 Å². The van der Waals surface area contributed by atoms with E-state index in [0.29, 0.717) is 24.7 Å². The Bertz CT molecular complexity index is 308. The molecule has 5 heteroatoms. The Labute approximate surface area is 95.0 Å². The van der Waals surface area contributed by atoms with Gasteiger partial charge in [-0.3, -0.25) is 4.84 Å². The average molecular weight is 227 g/mol. The monoisotopic (exact) mass is 227 g/mol. The molecule has 0 aliphatic carbocycles. The smallest absolute Gasteiger partial charge is 0.161 e. The van der Waals surface area contributed by atoms with Crippen LogP contribution in [0, 0.1) is 0 Å². The van der Waals surface area contributed by atoms with Gasteiger partial charge in [0.1, 0.15) is 0 Å². The maximum atomic E-state index is 5.20. The minimum absolute atomic E-state index is 0.305. The summed E-state index contributed by atoms with van der Waals surface area (Å²) in [6, 6.07) is 3.69. The summed E-state index contributed by atoms with van der Waals surface area (Å²) < 4.78 is 15.5. The van der Waals surface area contributed by atoms with Crippen molar-refractivity contribution in [3.05, 3.63) is 23.3 Å². The van der Waals surface area contributed by atoms with Crippen LogP contribution in [-0.2, 0) is 22.8 Å². The highest BCUT2D eigenvalue weighted by molar-refractivity contribution is 5.47. The molecular weight excluding hydrogens is 210 g/mol. The van der Waals surface area contributed by atoms with Gasteiger partial charge < -0.3 is 14.2 Å². The van der Waals surface area contributed by atoms with Crippen LogP contribution in [0.25, 0.3) is 0 Å². The standard InChI is InChI=1S/C11H17NO4/c1-13-6-8-4-10(14-2)11(15-3)5-9(8)7-16-12/h4-5H,6-7,12H2,1-3H3. The van der Waals surface area contributed by atoms with E-state index in [2.05, 4.69) is 4.84 Å². The molecule has 0 aliphatic rings. The number of ether oxygens (including phenoxy) is 3. The molecule has 1 rings (SSSR count). The molecule has 5 nitrogen and oxygen atoms in total. The van der Waals surface area contributed by atoms with Gasteiger partial charge >= 0.3 is 0 Å². The number of hydrogen-bond acceptors (Lipinski definition) is 5. The van der Waals surface area contributed by atoms with Gasteiger partial charge in [0.05, 0.1) is 27.4 Å². The van der Waals surface area contributed by atoms with E-state index < -0.39 is 0 Å². The zero-order chi connectivity index (χ0) is 12.0. The minimum atomic E-state index is 0.305. The molecule has 0 unspecified atom stereocenters. The topological polar surface area (TPSA) is 62.9 Å². The van der Waals surface area contributed by atoms with E-state index in [0.717, 1.165) is 11.1 Å². The molecule has 0 radical (unpaired) electrons. The minimum Gasteiger partial charge on any atom is -0.493 e. The fraction of sp³-hybridized carbons (Fsp3) is 0.455. The molecule has 0 amide bonds. The molecule has 1 aromatic rings. The zero-order valence-electron chi connectivity index (χ0n) is 9.78. The first kappa shape index (κ1) is 12.8. The van der Waals surface area contributed by atoms with E-state index >= 15 is 0 Å². The highest BCUT2D eigenvalue weighted by atomic mass is 16.6. The van der Waals surface area contributed by atoms with Gasteiger partial charge in [-0.2, -0.15) is 0 Å². The number of benzene rings is 1. The summed E-state index contributed by atoms with van der Waals surface area (Å²) in [5.74, 6) is 6.38. The first-order chi connectivity index (χ1) is 7.76. The third kappa shape index (κ3) is 2.85. The van der Waals surface area contributed by atoms with Crippen molar-refractivity contribution in [3.8, 4) is 11.5 Å². The number of methoxy groups -OCH3 is 3. The van der Waals surface area contributed by atoms with E-state index in [4.69, 9.17) is 20.1 Å². The van der Waals surface area contributed by atoms with Crippen molar-refractivity contribution < 1.29 is 19.0 Å². The van der Waals surface area contributed by atoms with E-state index in [1.165, 1.54) is 0 Å². The molecule has 0 saturated carbocycles. The second-order valence-electron chi connectivity index (χ2n) is 3.22. The van der Waals surface area contributed by atoms with Crippen molar-refractivity contribution in [2.45, 2.75) is 13.2 Å². The van der Waals surface area contributed by atoms with Gasteiger partial charge in [-0.05, 0) is 23.3 Å². The second kappa shape index (κ2) is 6.32. The summed E-state index contributed by atoms with van der Waals surface area (Å²) in [4.78, 5) is 4.64. The fourth-order valence-corrected chi connectivity index (χ4v) is 1.48. The molecule has 0 aliphatic heterocycles. The molecule has 0 spiro atoms. The van der Waals surface area contributed by atoms with Gasteiger partial charge in [0, 0.05) is 7.11 Å². The molecule has 0 bridgehead atoms. The van der Waals surface area contributed by atoms with Crippen LogP contribution in [0.2, 0.25) is 0 Å². The first-order valence-electron chi connectivity index (χ1n) is 4.81. The van der Waals surface area contributed by atoms with E-state index in [1.54, 1.807) is 21.3 Å². The molecule has 0 aromatic heterocycles. The Balaban J connectivity index is 3.12. The van der Waals surface area contributed by atoms with Gasteiger partial charge in [0.25, 0.3) is 0 Å². The van der Waals surface area contributed by atoms with Gasteiger partial charge in [-0.1, -0.05) is 0 Å². The zero-order valence-corrected chi connectivity index (χ0v) is 9.78.